The highest BCUT2D eigenvalue weighted by atomic mass is 35.5. The summed E-state index contributed by atoms with van der Waals surface area (Å²) in [5, 5.41) is 4.76. The number of primary amides is 1. The van der Waals surface area contributed by atoms with E-state index in [0.717, 1.165) is 11.1 Å². The molecule has 34 heavy (non-hydrogen) atoms. The molecular weight excluding hydrogens is 454 g/mol. The first-order chi connectivity index (χ1) is 16.5. The predicted molar refractivity (Wildman–Crippen MR) is 126 cm³/mol. The van der Waals surface area contributed by atoms with Crippen molar-refractivity contribution in [1.29, 1.82) is 0 Å². The van der Waals surface area contributed by atoms with Crippen LogP contribution in [0.4, 0.5) is 0 Å². The van der Waals surface area contributed by atoms with Gasteiger partial charge in [0.1, 0.15) is 0 Å². The molecular formula is C25H18ClN5O3. The molecule has 2 heterocycles. The van der Waals surface area contributed by atoms with Crippen LogP contribution >= 0.6 is 11.6 Å². The van der Waals surface area contributed by atoms with Crippen molar-refractivity contribution in [3.63, 3.8) is 0 Å². The number of hydrogen-bond donors (Lipinski definition) is 1. The summed E-state index contributed by atoms with van der Waals surface area (Å²) in [6.45, 7) is 0. The summed E-state index contributed by atoms with van der Waals surface area (Å²) < 4.78 is 7.20. The molecule has 1 atom stereocenters. The number of nitrogens with two attached hydrogens (primary N) is 1. The van der Waals surface area contributed by atoms with E-state index in [9.17, 15) is 9.59 Å². The molecule has 5 rings (SSSR count). The maximum Gasteiger partial charge on any atom is 0.312 e. The minimum Gasteiger partial charge on any atom is -0.432 e. The maximum atomic E-state index is 12.9. The molecule has 4 aromatic rings. The van der Waals surface area contributed by atoms with Gasteiger partial charge in [-0.05, 0) is 23.8 Å². The van der Waals surface area contributed by atoms with E-state index >= 15 is 0 Å². The number of aromatic nitrogens is 3. The van der Waals surface area contributed by atoms with Crippen molar-refractivity contribution in [2.45, 2.75) is 12.6 Å². The van der Waals surface area contributed by atoms with Crippen LogP contribution in [0.1, 0.15) is 39.4 Å². The Morgan fingerprint density at radius 1 is 1.00 bits per heavy atom. The number of hydrogen-bond acceptors (Lipinski definition) is 6. The van der Waals surface area contributed by atoms with E-state index in [2.05, 4.69) is 10.1 Å². The number of fused-ring (bicyclic) bond motifs is 3. The van der Waals surface area contributed by atoms with Crippen molar-refractivity contribution >= 4 is 29.2 Å². The first kappa shape index (κ1) is 21.5. The Morgan fingerprint density at radius 3 is 2.41 bits per heavy atom. The topological polar surface area (TPSA) is 112 Å². The van der Waals surface area contributed by atoms with Gasteiger partial charge < -0.3 is 10.5 Å². The maximum absolute atomic E-state index is 12.9. The fourth-order valence-electron chi connectivity index (χ4n) is 3.73. The van der Waals surface area contributed by atoms with Crippen LogP contribution in [0, 0.1) is 0 Å². The summed E-state index contributed by atoms with van der Waals surface area (Å²) in [7, 11) is 0. The summed E-state index contributed by atoms with van der Waals surface area (Å²) in [6, 6.07) is 23.8. The van der Waals surface area contributed by atoms with Crippen LogP contribution in [-0.2, 0) is 16.0 Å². The number of benzene rings is 3. The van der Waals surface area contributed by atoms with Gasteiger partial charge >= 0.3 is 5.97 Å². The molecule has 9 heteroatoms. The Bertz CT molecular complexity index is 1420. The lowest BCUT2D eigenvalue weighted by atomic mass is 10.0. The normalized spacial score (nSPS) is 14.4. The molecule has 1 aliphatic rings. The van der Waals surface area contributed by atoms with Crippen LogP contribution < -0.4 is 5.73 Å². The van der Waals surface area contributed by atoms with Crippen LogP contribution in [-0.4, -0.2) is 32.4 Å². The first-order valence-corrected chi connectivity index (χ1v) is 10.8. The molecule has 0 fully saturated rings. The van der Waals surface area contributed by atoms with Gasteiger partial charge in [-0.3, -0.25) is 9.59 Å². The number of carbonyl (C=O) groups is 2. The zero-order valence-corrected chi connectivity index (χ0v) is 18.5. The summed E-state index contributed by atoms with van der Waals surface area (Å²) in [5.41, 5.74) is 8.78. The standard InChI is InChI=1S/C25H18ClN5O3/c26-17-11-12-19-18(14-17)21(16-9-5-2-6-10-16)28-25(24-29-23(22(27)33)30-31(19)24)34-20(32)13-15-7-3-1-4-8-15/h1-12,14,25H,13H2,(H2,27,33). The van der Waals surface area contributed by atoms with Crippen LogP contribution in [0.15, 0.2) is 83.9 Å². The second-order valence-corrected chi connectivity index (χ2v) is 8.02. The lowest BCUT2D eigenvalue weighted by Gasteiger charge is -2.13. The van der Waals surface area contributed by atoms with Crippen LogP contribution in [0.25, 0.3) is 5.69 Å². The summed E-state index contributed by atoms with van der Waals surface area (Å²) in [4.78, 5) is 33.7. The number of carbonyl (C=O) groups excluding carboxylic acids is 2. The third kappa shape index (κ3) is 4.18. The first-order valence-electron chi connectivity index (χ1n) is 10.4. The highest BCUT2D eigenvalue weighted by Crippen LogP contribution is 2.32. The molecule has 0 saturated heterocycles. The minimum absolute atomic E-state index is 0.0448. The fourth-order valence-corrected chi connectivity index (χ4v) is 3.90. The molecule has 3 aromatic carbocycles. The number of halogens is 1. The predicted octanol–water partition coefficient (Wildman–Crippen LogP) is 3.66. The average Bonchev–Trinajstić information content (AvgIpc) is 3.24. The molecule has 1 aromatic heterocycles. The summed E-state index contributed by atoms with van der Waals surface area (Å²) >= 11 is 6.32. The van der Waals surface area contributed by atoms with E-state index in [1.807, 2.05) is 60.7 Å². The highest BCUT2D eigenvalue weighted by Gasteiger charge is 2.31. The van der Waals surface area contributed by atoms with E-state index in [1.54, 1.807) is 18.2 Å². The molecule has 2 N–H and O–H groups in total. The molecule has 0 spiro atoms. The summed E-state index contributed by atoms with van der Waals surface area (Å²) in [5.74, 6) is -1.37. The molecule has 0 bridgehead atoms. The SMILES string of the molecule is NC(=O)c1nc2n(n1)-c1ccc(Cl)cc1C(c1ccccc1)=NC2OC(=O)Cc1ccccc1. The Hall–Kier alpha value is -4.30. The number of rotatable bonds is 5. The average molecular weight is 472 g/mol. The molecule has 8 nitrogen and oxygen atoms in total. The minimum atomic E-state index is -1.17. The lowest BCUT2D eigenvalue weighted by Crippen LogP contribution is -2.16. The zero-order chi connectivity index (χ0) is 23.7. The van der Waals surface area contributed by atoms with Gasteiger partial charge in [-0.15, -0.1) is 5.10 Å². The number of ether oxygens (including phenoxy) is 1. The van der Waals surface area contributed by atoms with E-state index in [-0.39, 0.29) is 18.1 Å². The highest BCUT2D eigenvalue weighted by molar-refractivity contribution is 6.31. The smallest absolute Gasteiger partial charge is 0.312 e. The Labute approximate surface area is 199 Å². The van der Waals surface area contributed by atoms with Gasteiger partial charge in [-0.2, -0.15) is 0 Å². The number of aliphatic imine (C=N–C) groups is 1. The zero-order valence-electron chi connectivity index (χ0n) is 17.8. The largest absolute Gasteiger partial charge is 0.432 e. The number of amides is 1. The Kier molecular flexibility index (Phi) is 5.65. The van der Waals surface area contributed by atoms with Gasteiger partial charge in [-0.25, -0.2) is 14.7 Å². The fraction of sp³-hybridized carbons (Fsp3) is 0.0800. The quantitative estimate of drug-likeness (QED) is 0.446. The van der Waals surface area contributed by atoms with Gasteiger partial charge in [0.15, 0.2) is 5.82 Å². The molecule has 1 aliphatic heterocycles. The van der Waals surface area contributed by atoms with Gasteiger partial charge in [0.25, 0.3) is 12.1 Å². The van der Waals surface area contributed by atoms with Crippen LogP contribution in [0.5, 0.6) is 0 Å². The van der Waals surface area contributed by atoms with Gasteiger partial charge in [-0.1, -0.05) is 72.3 Å². The molecule has 1 unspecified atom stereocenters. The molecule has 0 aliphatic carbocycles. The van der Waals surface area contributed by atoms with Crippen molar-refractivity contribution < 1.29 is 14.3 Å². The molecule has 168 valence electrons. The van der Waals surface area contributed by atoms with Crippen LogP contribution in [0.3, 0.4) is 0 Å². The number of nitrogens with zero attached hydrogens (tertiary/aromatic N) is 4. The molecule has 0 radical (unpaired) electrons. The second kappa shape index (κ2) is 8.92. The lowest BCUT2D eigenvalue weighted by molar-refractivity contribution is -0.148. The van der Waals surface area contributed by atoms with Gasteiger partial charge in [0.2, 0.25) is 5.82 Å². The van der Waals surface area contributed by atoms with Crippen molar-refractivity contribution in [3.05, 3.63) is 112 Å². The van der Waals surface area contributed by atoms with Gasteiger partial charge in [0.05, 0.1) is 17.8 Å². The van der Waals surface area contributed by atoms with E-state index < -0.39 is 18.1 Å². The van der Waals surface area contributed by atoms with E-state index in [1.165, 1.54) is 4.68 Å². The van der Waals surface area contributed by atoms with E-state index in [4.69, 9.17) is 27.1 Å². The second-order valence-electron chi connectivity index (χ2n) is 7.58. The Morgan fingerprint density at radius 2 is 1.71 bits per heavy atom. The van der Waals surface area contributed by atoms with E-state index in [0.29, 0.717) is 22.0 Å². The van der Waals surface area contributed by atoms with Crippen molar-refractivity contribution in [2.24, 2.45) is 10.7 Å². The van der Waals surface area contributed by atoms with Crippen molar-refractivity contribution in [1.82, 2.24) is 14.8 Å². The van der Waals surface area contributed by atoms with Crippen molar-refractivity contribution in [3.8, 4) is 5.69 Å². The van der Waals surface area contributed by atoms with Gasteiger partial charge in [0, 0.05) is 16.1 Å². The third-order valence-corrected chi connectivity index (χ3v) is 5.48. The molecule has 1 amide bonds. The summed E-state index contributed by atoms with van der Waals surface area (Å²) in [6.07, 6.45) is -1.12. The third-order valence-electron chi connectivity index (χ3n) is 5.24. The molecule has 0 saturated carbocycles. The Balaban J connectivity index is 1.65. The van der Waals surface area contributed by atoms with Crippen molar-refractivity contribution in [2.75, 3.05) is 0 Å². The monoisotopic (exact) mass is 471 g/mol. The van der Waals surface area contributed by atoms with Crippen LogP contribution in [0.2, 0.25) is 5.02 Å². The number of esters is 1.